The van der Waals surface area contributed by atoms with Crippen LogP contribution in [0.4, 0.5) is 13.2 Å². The van der Waals surface area contributed by atoms with Crippen LogP contribution >= 0.6 is 0 Å². The maximum Gasteiger partial charge on any atom is 0.569 e. The van der Waals surface area contributed by atoms with Crippen molar-refractivity contribution in [3.63, 3.8) is 0 Å². The smallest absolute Gasteiger partial charge is 0.537 e. The average molecular weight is 175 g/mol. The van der Waals surface area contributed by atoms with E-state index < -0.39 is 17.5 Å². The molecular weight excluding hydrogens is 172 g/mol. The maximum atomic E-state index is 12.4. The Morgan fingerprint density at radius 1 is 1.17 bits per heavy atom. The fourth-order valence-electron chi connectivity index (χ4n) is 0.661. The monoisotopic (exact) mass is 175 g/mol. The number of hydrogen-bond acceptors (Lipinski definition) is 2. The van der Waals surface area contributed by atoms with E-state index in [1.165, 1.54) is 0 Å². The summed E-state index contributed by atoms with van der Waals surface area (Å²) in [6.07, 6.45) is 0. The minimum Gasteiger partial charge on any atom is -0.537 e. The molecule has 1 radical (unpaired) electrons. The molecule has 1 rings (SSSR count). The Labute approximate surface area is 66.9 Å². The van der Waals surface area contributed by atoms with E-state index in [0.29, 0.717) is 12.1 Å². The second kappa shape index (κ2) is 3.49. The molecule has 0 fully saturated rings. The molecule has 0 heterocycles. The lowest BCUT2D eigenvalue weighted by Gasteiger charge is -2.01. The van der Waals surface area contributed by atoms with Crippen LogP contribution in [0.15, 0.2) is 12.1 Å². The Morgan fingerprint density at radius 2 is 1.67 bits per heavy atom. The van der Waals surface area contributed by atoms with Gasteiger partial charge in [0.2, 0.25) is 0 Å². The molecule has 1 aromatic carbocycles. The molecule has 0 saturated carbocycles. The minimum absolute atomic E-state index is 0.242. The number of benzene rings is 1. The van der Waals surface area contributed by atoms with Crippen LogP contribution in [0, 0.1) is 17.5 Å². The summed E-state index contributed by atoms with van der Waals surface area (Å²) >= 11 is 0. The quantitative estimate of drug-likeness (QED) is 0.536. The largest absolute Gasteiger partial charge is 0.569 e. The van der Waals surface area contributed by atoms with E-state index in [1.807, 2.05) is 0 Å². The van der Waals surface area contributed by atoms with Gasteiger partial charge in [0, 0.05) is 12.1 Å². The molecule has 1 N–H and O–H groups in total. The number of rotatable bonds is 2. The molecule has 63 valence electrons. The van der Waals surface area contributed by atoms with Crippen molar-refractivity contribution < 1.29 is 22.8 Å². The molecule has 0 saturated heterocycles. The summed E-state index contributed by atoms with van der Waals surface area (Å²) in [6.45, 7) is 0. The summed E-state index contributed by atoms with van der Waals surface area (Å²) in [5, 5.41) is 8.08. The van der Waals surface area contributed by atoms with Crippen LogP contribution in [0.3, 0.4) is 0 Å². The molecule has 0 aliphatic rings. The number of hydrogen-bond donors (Lipinski definition) is 1. The Bertz CT molecular complexity index is 269. The van der Waals surface area contributed by atoms with Crippen LogP contribution in [-0.2, 0) is 0 Å². The fourth-order valence-corrected chi connectivity index (χ4v) is 0.661. The SMILES string of the molecule is O[B]Oc1cc(F)c(F)c(F)c1. The molecule has 0 atom stereocenters. The van der Waals surface area contributed by atoms with E-state index in [2.05, 4.69) is 4.65 Å². The van der Waals surface area contributed by atoms with Crippen molar-refractivity contribution >= 4 is 7.69 Å². The molecule has 0 bridgehead atoms. The molecule has 0 unspecified atom stereocenters. The van der Waals surface area contributed by atoms with Gasteiger partial charge in [0.05, 0.1) is 0 Å². The van der Waals surface area contributed by atoms with E-state index in [4.69, 9.17) is 5.02 Å². The van der Waals surface area contributed by atoms with Gasteiger partial charge in [-0.15, -0.1) is 0 Å². The summed E-state index contributed by atoms with van der Waals surface area (Å²) in [4.78, 5) is 0. The zero-order valence-electron chi connectivity index (χ0n) is 5.72. The lowest BCUT2D eigenvalue weighted by atomic mass is 10.3. The van der Waals surface area contributed by atoms with Crippen LogP contribution in [0.25, 0.3) is 0 Å². The highest BCUT2D eigenvalue weighted by Gasteiger charge is 2.10. The van der Waals surface area contributed by atoms with Crippen LogP contribution in [0.5, 0.6) is 5.75 Å². The van der Waals surface area contributed by atoms with Gasteiger partial charge in [-0.2, -0.15) is 0 Å². The molecule has 0 amide bonds. The first kappa shape index (κ1) is 8.93. The minimum atomic E-state index is -1.57. The predicted molar refractivity (Wildman–Crippen MR) is 34.9 cm³/mol. The summed E-state index contributed by atoms with van der Waals surface area (Å²) in [5.41, 5.74) is 0. The number of halogens is 3. The van der Waals surface area contributed by atoms with Crippen molar-refractivity contribution in [2.24, 2.45) is 0 Å². The molecule has 0 aliphatic heterocycles. The van der Waals surface area contributed by atoms with Gasteiger partial charge in [-0.1, -0.05) is 0 Å². The molecule has 6 heteroatoms. The third-order valence-corrected chi connectivity index (χ3v) is 1.15. The van der Waals surface area contributed by atoms with E-state index in [0.717, 1.165) is 0 Å². The third-order valence-electron chi connectivity index (χ3n) is 1.15. The average Bonchev–Trinajstić information content (AvgIpc) is 2.01. The van der Waals surface area contributed by atoms with Crippen molar-refractivity contribution in [3.8, 4) is 5.75 Å². The normalized spacial score (nSPS) is 9.67. The van der Waals surface area contributed by atoms with Crippen LogP contribution in [0.1, 0.15) is 0 Å². The van der Waals surface area contributed by atoms with Gasteiger partial charge >= 0.3 is 7.69 Å². The van der Waals surface area contributed by atoms with Crippen molar-refractivity contribution in [1.29, 1.82) is 0 Å². The molecule has 0 aromatic heterocycles. The van der Waals surface area contributed by atoms with E-state index >= 15 is 0 Å². The zero-order chi connectivity index (χ0) is 9.14. The highest BCUT2D eigenvalue weighted by atomic mass is 19.2. The fraction of sp³-hybridized carbons (Fsp3) is 0. The van der Waals surface area contributed by atoms with Gasteiger partial charge in [-0.25, -0.2) is 13.2 Å². The molecule has 0 spiro atoms. The Kier molecular flexibility index (Phi) is 2.60. The summed E-state index contributed by atoms with van der Waals surface area (Å²) in [5.74, 6) is -4.62. The Hall–Kier alpha value is -1.17. The van der Waals surface area contributed by atoms with Gasteiger partial charge in [-0.05, 0) is 0 Å². The lowest BCUT2D eigenvalue weighted by Crippen LogP contribution is -2.01. The summed E-state index contributed by atoms with van der Waals surface area (Å²) in [6, 6.07) is 1.23. The lowest BCUT2D eigenvalue weighted by molar-refractivity contribution is 0.422. The van der Waals surface area contributed by atoms with Crippen molar-refractivity contribution in [2.45, 2.75) is 0 Å². The Balaban J connectivity index is 3.04. The van der Waals surface area contributed by atoms with E-state index in [1.54, 1.807) is 0 Å². The van der Waals surface area contributed by atoms with E-state index in [-0.39, 0.29) is 13.4 Å². The summed E-state index contributed by atoms with van der Waals surface area (Å²) < 4.78 is 41.2. The standard InChI is InChI=1S/C6H3BF3O2/c8-4-1-3(12-7-11)2-5(9)6(4)10/h1-2,11H. The van der Waals surface area contributed by atoms with Gasteiger partial charge in [0.15, 0.2) is 17.5 Å². The topological polar surface area (TPSA) is 29.5 Å². The van der Waals surface area contributed by atoms with Crippen molar-refractivity contribution in [1.82, 2.24) is 0 Å². The molecular formula is C6H3BF3O2. The van der Waals surface area contributed by atoms with Crippen molar-refractivity contribution in [2.75, 3.05) is 0 Å². The molecule has 0 aliphatic carbocycles. The van der Waals surface area contributed by atoms with Crippen LogP contribution < -0.4 is 4.65 Å². The van der Waals surface area contributed by atoms with Gasteiger partial charge in [0.1, 0.15) is 5.75 Å². The highest BCUT2D eigenvalue weighted by molar-refractivity contribution is 6.17. The maximum absolute atomic E-state index is 12.4. The first-order chi connectivity index (χ1) is 5.65. The molecule has 2 nitrogen and oxygen atoms in total. The first-order valence-corrected chi connectivity index (χ1v) is 2.92. The third kappa shape index (κ3) is 1.71. The first-order valence-electron chi connectivity index (χ1n) is 2.92. The second-order valence-electron chi connectivity index (χ2n) is 1.92. The summed E-state index contributed by atoms with van der Waals surface area (Å²) in [7, 11) is 0.242. The molecule has 1 aromatic rings. The Morgan fingerprint density at radius 3 is 2.08 bits per heavy atom. The highest BCUT2D eigenvalue weighted by Crippen LogP contribution is 2.18. The molecule has 12 heavy (non-hydrogen) atoms. The van der Waals surface area contributed by atoms with Crippen LogP contribution in [0.2, 0.25) is 0 Å². The predicted octanol–water partition coefficient (Wildman–Crippen LogP) is 1.01. The van der Waals surface area contributed by atoms with Gasteiger partial charge in [0.25, 0.3) is 0 Å². The van der Waals surface area contributed by atoms with Crippen molar-refractivity contribution in [3.05, 3.63) is 29.6 Å². The van der Waals surface area contributed by atoms with Gasteiger partial charge < -0.3 is 9.68 Å². The zero-order valence-corrected chi connectivity index (χ0v) is 5.72. The second-order valence-corrected chi connectivity index (χ2v) is 1.92. The van der Waals surface area contributed by atoms with Gasteiger partial charge in [-0.3, -0.25) is 0 Å². The van der Waals surface area contributed by atoms with E-state index in [9.17, 15) is 13.2 Å². The van der Waals surface area contributed by atoms with Crippen LogP contribution in [-0.4, -0.2) is 12.7 Å².